The second-order valence-electron chi connectivity index (χ2n) is 4.10. The maximum Gasteiger partial charge on any atom is 0.0590 e. The highest BCUT2D eigenvalue weighted by Crippen LogP contribution is 1.98. The van der Waals surface area contributed by atoms with Crippen molar-refractivity contribution in [3.05, 3.63) is 0 Å². The van der Waals surface area contributed by atoms with Gasteiger partial charge in [0.15, 0.2) is 0 Å². The molecular formula is C12H27NO2. The van der Waals surface area contributed by atoms with Gasteiger partial charge >= 0.3 is 0 Å². The van der Waals surface area contributed by atoms with Crippen LogP contribution in [-0.4, -0.2) is 39.5 Å². The summed E-state index contributed by atoms with van der Waals surface area (Å²) in [4.78, 5) is 0. The van der Waals surface area contributed by atoms with Gasteiger partial charge in [-0.05, 0) is 32.2 Å². The molecule has 0 unspecified atom stereocenters. The molecule has 0 saturated carbocycles. The Bertz CT molecular complexity index is 118. The van der Waals surface area contributed by atoms with Crippen LogP contribution in [0.1, 0.15) is 33.6 Å². The van der Waals surface area contributed by atoms with Gasteiger partial charge in [-0.25, -0.2) is 0 Å². The van der Waals surface area contributed by atoms with Gasteiger partial charge in [-0.3, -0.25) is 0 Å². The van der Waals surface area contributed by atoms with Crippen LogP contribution in [0.4, 0.5) is 0 Å². The average molecular weight is 217 g/mol. The van der Waals surface area contributed by atoms with E-state index in [-0.39, 0.29) is 0 Å². The van der Waals surface area contributed by atoms with Crippen LogP contribution < -0.4 is 5.32 Å². The van der Waals surface area contributed by atoms with Crippen LogP contribution in [0, 0.1) is 5.92 Å². The third kappa shape index (κ3) is 13.9. The molecule has 0 heterocycles. The van der Waals surface area contributed by atoms with Crippen LogP contribution in [0.25, 0.3) is 0 Å². The van der Waals surface area contributed by atoms with Gasteiger partial charge in [0.05, 0.1) is 6.61 Å². The highest BCUT2D eigenvalue weighted by Gasteiger charge is 1.93. The van der Waals surface area contributed by atoms with Crippen LogP contribution >= 0.6 is 0 Å². The zero-order valence-electron chi connectivity index (χ0n) is 10.6. The molecule has 0 atom stereocenters. The van der Waals surface area contributed by atoms with Gasteiger partial charge in [-0.15, -0.1) is 0 Å². The molecule has 0 aromatic rings. The molecule has 0 bridgehead atoms. The number of nitrogens with one attached hydrogen (secondary N) is 1. The molecule has 15 heavy (non-hydrogen) atoms. The van der Waals surface area contributed by atoms with E-state index in [1.165, 1.54) is 0 Å². The summed E-state index contributed by atoms with van der Waals surface area (Å²) in [5.74, 6) is 0.740. The van der Waals surface area contributed by atoms with Crippen molar-refractivity contribution in [2.75, 3.05) is 39.5 Å². The SMILES string of the molecule is CCOCCCNCCOCCC(C)C. The Morgan fingerprint density at radius 2 is 1.80 bits per heavy atom. The Kier molecular flexibility index (Phi) is 11.9. The van der Waals surface area contributed by atoms with Gasteiger partial charge in [0.1, 0.15) is 0 Å². The van der Waals surface area contributed by atoms with E-state index >= 15 is 0 Å². The predicted octanol–water partition coefficient (Wildman–Crippen LogP) is 2.07. The Hall–Kier alpha value is -0.120. The molecule has 0 aliphatic rings. The first-order chi connectivity index (χ1) is 7.27. The van der Waals surface area contributed by atoms with Crippen molar-refractivity contribution in [3.8, 4) is 0 Å². The van der Waals surface area contributed by atoms with E-state index in [4.69, 9.17) is 9.47 Å². The Labute approximate surface area is 94.5 Å². The van der Waals surface area contributed by atoms with Gasteiger partial charge in [-0.2, -0.15) is 0 Å². The van der Waals surface area contributed by atoms with Crippen molar-refractivity contribution in [1.82, 2.24) is 5.32 Å². The molecule has 0 aromatic heterocycles. The summed E-state index contributed by atoms with van der Waals surface area (Å²) in [6, 6.07) is 0. The molecule has 0 aliphatic heterocycles. The van der Waals surface area contributed by atoms with Gasteiger partial charge in [-0.1, -0.05) is 13.8 Å². The van der Waals surface area contributed by atoms with E-state index in [1.54, 1.807) is 0 Å². The lowest BCUT2D eigenvalue weighted by molar-refractivity contribution is 0.122. The predicted molar refractivity (Wildman–Crippen MR) is 64.3 cm³/mol. The van der Waals surface area contributed by atoms with Crippen LogP contribution in [0.15, 0.2) is 0 Å². The topological polar surface area (TPSA) is 30.5 Å². The first-order valence-corrected chi connectivity index (χ1v) is 6.13. The fourth-order valence-corrected chi connectivity index (χ4v) is 1.13. The molecule has 0 spiro atoms. The number of hydrogen-bond acceptors (Lipinski definition) is 3. The molecule has 3 heteroatoms. The molecule has 0 aromatic carbocycles. The fraction of sp³-hybridized carbons (Fsp3) is 1.00. The Morgan fingerprint density at radius 1 is 1.00 bits per heavy atom. The van der Waals surface area contributed by atoms with Gasteiger partial charge in [0.2, 0.25) is 0 Å². The second-order valence-corrected chi connectivity index (χ2v) is 4.10. The number of hydrogen-bond donors (Lipinski definition) is 1. The normalized spacial score (nSPS) is 11.2. The van der Waals surface area contributed by atoms with Crippen molar-refractivity contribution in [3.63, 3.8) is 0 Å². The molecule has 1 N–H and O–H groups in total. The minimum atomic E-state index is 0.740. The van der Waals surface area contributed by atoms with Crippen molar-refractivity contribution < 1.29 is 9.47 Å². The standard InChI is InChI=1S/C12H27NO2/c1-4-14-9-5-7-13-8-11-15-10-6-12(2)3/h12-13H,4-11H2,1-3H3. The van der Waals surface area contributed by atoms with Gasteiger partial charge in [0.25, 0.3) is 0 Å². The molecule has 92 valence electrons. The highest BCUT2D eigenvalue weighted by molar-refractivity contribution is 4.47. The van der Waals surface area contributed by atoms with Crippen molar-refractivity contribution in [2.24, 2.45) is 5.92 Å². The molecular weight excluding hydrogens is 190 g/mol. The lowest BCUT2D eigenvalue weighted by Gasteiger charge is -2.07. The zero-order valence-corrected chi connectivity index (χ0v) is 10.6. The Balaban J connectivity index is 2.87. The minimum Gasteiger partial charge on any atom is -0.382 e. The summed E-state index contributed by atoms with van der Waals surface area (Å²) in [5, 5.41) is 3.33. The van der Waals surface area contributed by atoms with E-state index in [1.807, 2.05) is 6.92 Å². The van der Waals surface area contributed by atoms with Crippen LogP contribution in [0.3, 0.4) is 0 Å². The molecule has 0 saturated heterocycles. The average Bonchev–Trinajstić information content (AvgIpc) is 2.20. The van der Waals surface area contributed by atoms with Crippen LogP contribution in [0.2, 0.25) is 0 Å². The van der Waals surface area contributed by atoms with E-state index in [2.05, 4.69) is 19.2 Å². The first-order valence-electron chi connectivity index (χ1n) is 6.13. The summed E-state index contributed by atoms with van der Waals surface area (Å²) < 4.78 is 10.7. The molecule has 3 nitrogen and oxygen atoms in total. The number of ether oxygens (including phenoxy) is 2. The van der Waals surface area contributed by atoms with E-state index in [0.717, 1.165) is 58.3 Å². The first kappa shape index (κ1) is 14.9. The minimum absolute atomic E-state index is 0.740. The summed E-state index contributed by atoms with van der Waals surface area (Å²) in [5.41, 5.74) is 0. The van der Waals surface area contributed by atoms with Crippen LogP contribution in [-0.2, 0) is 9.47 Å². The van der Waals surface area contributed by atoms with Gasteiger partial charge in [0, 0.05) is 26.4 Å². The lowest BCUT2D eigenvalue weighted by atomic mass is 10.1. The quantitative estimate of drug-likeness (QED) is 0.537. The van der Waals surface area contributed by atoms with Crippen molar-refractivity contribution in [1.29, 1.82) is 0 Å². The third-order valence-electron chi connectivity index (χ3n) is 2.11. The maximum absolute atomic E-state index is 5.48. The van der Waals surface area contributed by atoms with E-state index in [0.29, 0.717) is 0 Å². The monoisotopic (exact) mass is 217 g/mol. The molecule has 0 aliphatic carbocycles. The molecule has 0 amide bonds. The molecule has 0 rings (SSSR count). The lowest BCUT2D eigenvalue weighted by Crippen LogP contribution is -2.22. The summed E-state index contributed by atoms with van der Waals surface area (Å²) in [6.45, 7) is 11.8. The fourth-order valence-electron chi connectivity index (χ4n) is 1.13. The zero-order chi connectivity index (χ0) is 11.4. The number of rotatable bonds is 11. The summed E-state index contributed by atoms with van der Waals surface area (Å²) in [6.07, 6.45) is 2.24. The molecule has 0 fully saturated rings. The molecule has 0 radical (unpaired) electrons. The summed E-state index contributed by atoms with van der Waals surface area (Å²) >= 11 is 0. The van der Waals surface area contributed by atoms with Crippen molar-refractivity contribution >= 4 is 0 Å². The Morgan fingerprint density at radius 3 is 2.47 bits per heavy atom. The highest BCUT2D eigenvalue weighted by atomic mass is 16.5. The summed E-state index contributed by atoms with van der Waals surface area (Å²) in [7, 11) is 0. The van der Waals surface area contributed by atoms with Crippen molar-refractivity contribution in [2.45, 2.75) is 33.6 Å². The van der Waals surface area contributed by atoms with Crippen LogP contribution in [0.5, 0.6) is 0 Å². The third-order valence-corrected chi connectivity index (χ3v) is 2.11. The smallest absolute Gasteiger partial charge is 0.0590 e. The van der Waals surface area contributed by atoms with Gasteiger partial charge < -0.3 is 14.8 Å². The second kappa shape index (κ2) is 12.0. The maximum atomic E-state index is 5.48. The van der Waals surface area contributed by atoms with E-state index < -0.39 is 0 Å². The largest absolute Gasteiger partial charge is 0.382 e. The van der Waals surface area contributed by atoms with E-state index in [9.17, 15) is 0 Å².